The van der Waals surface area contributed by atoms with Gasteiger partial charge >= 0.3 is 5.97 Å². The third-order valence-corrected chi connectivity index (χ3v) is 4.25. The molecule has 0 aromatic heterocycles. The Labute approximate surface area is 167 Å². The molecule has 3 rings (SSSR count). The van der Waals surface area contributed by atoms with Crippen LogP contribution in [0, 0.1) is 17.0 Å². The quantitative estimate of drug-likeness (QED) is 0.350. The van der Waals surface area contributed by atoms with E-state index >= 15 is 0 Å². The van der Waals surface area contributed by atoms with E-state index in [1.807, 2.05) is 24.3 Å². The summed E-state index contributed by atoms with van der Waals surface area (Å²) < 4.78 is 5.86. The van der Waals surface area contributed by atoms with E-state index in [0.717, 1.165) is 11.1 Å². The van der Waals surface area contributed by atoms with Crippen LogP contribution in [0.4, 0.5) is 11.4 Å². The van der Waals surface area contributed by atoms with Gasteiger partial charge in [-0.2, -0.15) is 0 Å². The highest BCUT2D eigenvalue weighted by atomic mass is 16.6. The van der Waals surface area contributed by atoms with Crippen molar-refractivity contribution < 1.29 is 19.6 Å². The zero-order valence-corrected chi connectivity index (χ0v) is 15.6. The molecule has 0 saturated heterocycles. The Kier molecular flexibility index (Phi) is 5.99. The van der Waals surface area contributed by atoms with Crippen LogP contribution in [0.3, 0.4) is 0 Å². The number of benzene rings is 3. The number of aromatic carboxylic acids is 1. The number of carbonyl (C=O) groups is 1. The molecule has 0 radical (unpaired) electrons. The number of carboxylic acids is 1. The Hall–Kier alpha value is -4.00. The molecule has 0 aliphatic carbocycles. The van der Waals surface area contributed by atoms with Gasteiger partial charge in [-0.15, -0.1) is 0 Å². The maximum atomic E-state index is 10.9. The van der Waals surface area contributed by atoms with Crippen LogP contribution in [0.15, 0.2) is 71.7 Å². The minimum absolute atomic E-state index is 0.0269. The van der Waals surface area contributed by atoms with Crippen molar-refractivity contribution in [3.63, 3.8) is 0 Å². The molecule has 0 amide bonds. The number of hydrogen-bond donors (Lipinski definition) is 1. The van der Waals surface area contributed by atoms with Gasteiger partial charge in [-0.25, -0.2) is 4.79 Å². The van der Waals surface area contributed by atoms with E-state index in [2.05, 4.69) is 4.99 Å². The molecule has 0 aliphatic heterocycles. The zero-order chi connectivity index (χ0) is 20.8. The Balaban J connectivity index is 1.74. The van der Waals surface area contributed by atoms with E-state index in [4.69, 9.17) is 9.84 Å². The summed E-state index contributed by atoms with van der Waals surface area (Å²) in [4.78, 5) is 25.8. The summed E-state index contributed by atoms with van der Waals surface area (Å²) >= 11 is 0. The summed E-state index contributed by atoms with van der Waals surface area (Å²) in [6.07, 6.45) is 1.65. The van der Waals surface area contributed by atoms with Gasteiger partial charge in [0.25, 0.3) is 5.69 Å². The molecule has 0 aliphatic rings. The highest BCUT2D eigenvalue weighted by Gasteiger charge is 2.08. The molecule has 0 unspecified atom stereocenters. The second-order valence-corrected chi connectivity index (χ2v) is 6.31. The topological polar surface area (TPSA) is 102 Å². The molecule has 3 aromatic rings. The number of hydrogen-bond acceptors (Lipinski definition) is 5. The van der Waals surface area contributed by atoms with E-state index in [-0.39, 0.29) is 17.9 Å². The van der Waals surface area contributed by atoms with Crippen molar-refractivity contribution in [3.8, 4) is 5.75 Å². The fraction of sp³-hybridized carbons (Fsp3) is 0.0909. The molecule has 146 valence electrons. The lowest BCUT2D eigenvalue weighted by atomic mass is 10.1. The van der Waals surface area contributed by atoms with E-state index < -0.39 is 10.9 Å². The minimum atomic E-state index is -0.972. The minimum Gasteiger partial charge on any atom is -0.488 e. The third kappa shape index (κ3) is 5.04. The fourth-order valence-corrected chi connectivity index (χ4v) is 2.66. The van der Waals surface area contributed by atoms with Crippen molar-refractivity contribution in [3.05, 3.63) is 99.1 Å². The van der Waals surface area contributed by atoms with Crippen molar-refractivity contribution >= 4 is 23.6 Å². The van der Waals surface area contributed by atoms with Crippen molar-refractivity contribution in [1.82, 2.24) is 0 Å². The van der Waals surface area contributed by atoms with Gasteiger partial charge in [0.1, 0.15) is 12.4 Å². The van der Waals surface area contributed by atoms with Crippen molar-refractivity contribution in [2.45, 2.75) is 13.5 Å². The van der Waals surface area contributed by atoms with E-state index in [1.54, 1.807) is 31.3 Å². The van der Waals surface area contributed by atoms with Crippen LogP contribution in [-0.4, -0.2) is 22.2 Å². The average molecular weight is 390 g/mol. The summed E-state index contributed by atoms with van der Waals surface area (Å²) in [6.45, 7) is 2.05. The number of carboxylic acid groups (broad SMARTS) is 1. The Morgan fingerprint density at radius 2 is 1.86 bits per heavy atom. The zero-order valence-electron chi connectivity index (χ0n) is 15.6. The van der Waals surface area contributed by atoms with Gasteiger partial charge in [-0.05, 0) is 48.4 Å². The summed E-state index contributed by atoms with van der Waals surface area (Å²) in [5, 5.41) is 19.8. The van der Waals surface area contributed by atoms with Gasteiger partial charge < -0.3 is 9.84 Å². The first-order chi connectivity index (χ1) is 13.9. The van der Waals surface area contributed by atoms with Gasteiger partial charge in [0, 0.05) is 23.9 Å². The summed E-state index contributed by atoms with van der Waals surface area (Å²) in [5.74, 6) is -0.348. The molecule has 0 bridgehead atoms. The van der Waals surface area contributed by atoms with Crippen LogP contribution in [0.1, 0.15) is 27.0 Å². The van der Waals surface area contributed by atoms with E-state index in [1.165, 1.54) is 24.3 Å². The molecule has 0 fully saturated rings. The molecule has 7 heteroatoms. The number of nitro groups is 1. The number of ether oxygens (including phenoxy) is 1. The van der Waals surface area contributed by atoms with Crippen LogP contribution >= 0.6 is 0 Å². The molecular weight excluding hydrogens is 372 g/mol. The van der Waals surface area contributed by atoms with Crippen molar-refractivity contribution in [2.24, 2.45) is 4.99 Å². The molecule has 0 spiro atoms. The van der Waals surface area contributed by atoms with Gasteiger partial charge in [-0.3, -0.25) is 15.1 Å². The fourth-order valence-electron chi connectivity index (χ4n) is 2.66. The SMILES string of the molecule is Cc1cc([N+](=O)[O-])ccc1N=Cc1ccccc1OCc1ccc(C(=O)O)cc1. The number of nitrogens with zero attached hydrogens (tertiary/aromatic N) is 2. The maximum absolute atomic E-state index is 10.9. The first kappa shape index (κ1) is 19.8. The highest BCUT2D eigenvalue weighted by Crippen LogP contribution is 2.25. The van der Waals surface area contributed by atoms with Crippen LogP contribution in [-0.2, 0) is 6.61 Å². The second kappa shape index (κ2) is 8.79. The number of nitro benzene ring substituents is 1. The smallest absolute Gasteiger partial charge is 0.335 e. The first-order valence-electron chi connectivity index (χ1n) is 8.77. The van der Waals surface area contributed by atoms with Gasteiger partial charge in [-0.1, -0.05) is 24.3 Å². The molecular formula is C22H18N2O5. The predicted octanol–water partition coefficient (Wildman–Crippen LogP) is 4.93. The van der Waals surface area contributed by atoms with Gasteiger partial charge in [0.15, 0.2) is 0 Å². The predicted molar refractivity (Wildman–Crippen MR) is 109 cm³/mol. The number of para-hydroxylation sites is 1. The number of aliphatic imine (C=N–C) groups is 1. The van der Waals surface area contributed by atoms with E-state index in [9.17, 15) is 14.9 Å². The summed E-state index contributed by atoms with van der Waals surface area (Å²) in [7, 11) is 0. The third-order valence-electron chi connectivity index (χ3n) is 4.25. The van der Waals surface area contributed by atoms with Crippen LogP contribution in [0.5, 0.6) is 5.75 Å². The molecule has 7 nitrogen and oxygen atoms in total. The number of rotatable bonds is 7. The monoisotopic (exact) mass is 390 g/mol. The van der Waals surface area contributed by atoms with Gasteiger partial charge in [0.2, 0.25) is 0 Å². The Morgan fingerprint density at radius 3 is 2.52 bits per heavy atom. The van der Waals surface area contributed by atoms with Gasteiger partial charge in [0.05, 0.1) is 16.2 Å². The van der Waals surface area contributed by atoms with Crippen molar-refractivity contribution in [2.75, 3.05) is 0 Å². The van der Waals surface area contributed by atoms with E-state index in [0.29, 0.717) is 17.0 Å². The molecule has 29 heavy (non-hydrogen) atoms. The van der Waals surface area contributed by atoms with Crippen LogP contribution in [0.25, 0.3) is 0 Å². The average Bonchev–Trinajstić information content (AvgIpc) is 2.72. The number of aryl methyl sites for hydroxylation is 1. The molecule has 0 atom stereocenters. The summed E-state index contributed by atoms with van der Waals surface area (Å²) in [5.41, 5.74) is 3.18. The van der Waals surface area contributed by atoms with Crippen molar-refractivity contribution in [1.29, 1.82) is 0 Å². The Morgan fingerprint density at radius 1 is 1.14 bits per heavy atom. The summed E-state index contributed by atoms with van der Waals surface area (Å²) in [6, 6.07) is 18.4. The molecule has 3 aromatic carbocycles. The standard InChI is InChI=1S/C22H18N2O5/c1-15-12-19(24(27)28)10-11-20(15)23-13-18-4-2-3-5-21(18)29-14-16-6-8-17(9-7-16)22(25)26/h2-13H,14H2,1H3,(H,25,26). The van der Waals surface area contributed by atoms with Crippen LogP contribution < -0.4 is 4.74 Å². The van der Waals surface area contributed by atoms with Crippen LogP contribution in [0.2, 0.25) is 0 Å². The second-order valence-electron chi connectivity index (χ2n) is 6.31. The lowest BCUT2D eigenvalue weighted by molar-refractivity contribution is -0.384. The first-order valence-corrected chi connectivity index (χ1v) is 8.77. The maximum Gasteiger partial charge on any atom is 0.335 e. The molecule has 0 saturated carbocycles. The molecule has 0 heterocycles. The normalized spacial score (nSPS) is 10.8. The highest BCUT2D eigenvalue weighted by molar-refractivity contribution is 5.87. The largest absolute Gasteiger partial charge is 0.488 e. The Bertz CT molecular complexity index is 1070. The molecule has 1 N–H and O–H groups in total. The lowest BCUT2D eigenvalue weighted by Crippen LogP contribution is -2.00. The number of non-ortho nitro benzene ring substituents is 1. The lowest BCUT2D eigenvalue weighted by Gasteiger charge is -2.09.